The van der Waals surface area contributed by atoms with E-state index in [1.54, 1.807) is 0 Å². The quantitative estimate of drug-likeness (QED) is 0.657. The summed E-state index contributed by atoms with van der Waals surface area (Å²) in [6.07, 6.45) is 0. The second kappa shape index (κ2) is 2.85. The predicted molar refractivity (Wildman–Crippen MR) is 48.5 cm³/mol. The van der Waals surface area contributed by atoms with Crippen molar-refractivity contribution in [2.75, 3.05) is 0 Å². The fourth-order valence-electron chi connectivity index (χ4n) is 1.28. The van der Waals surface area contributed by atoms with E-state index in [1.165, 1.54) is 11.3 Å². The minimum atomic E-state index is -0.493. The summed E-state index contributed by atoms with van der Waals surface area (Å²) in [7, 11) is 0. The number of thiophene rings is 1. The number of hydrogen-bond acceptors (Lipinski definition) is 3. The number of carbonyl (C=O) groups is 2. The van der Waals surface area contributed by atoms with E-state index >= 15 is 0 Å². The average molecular weight is 196 g/mol. The monoisotopic (exact) mass is 196 g/mol. The highest BCUT2D eigenvalue weighted by atomic mass is 32.1. The molecule has 1 aromatic heterocycles. The lowest BCUT2D eigenvalue weighted by Gasteiger charge is -2.04. The number of imide groups is 1. The fourth-order valence-corrected chi connectivity index (χ4v) is 2.26. The topological polar surface area (TPSA) is 58.2 Å². The molecule has 0 radical (unpaired) electrons. The minimum absolute atomic E-state index is 0.268. The van der Waals surface area contributed by atoms with Gasteiger partial charge in [0.05, 0.1) is 0 Å². The highest BCUT2D eigenvalue weighted by Gasteiger charge is 2.32. The van der Waals surface area contributed by atoms with Crippen LogP contribution >= 0.6 is 11.3 Å². The Balaban J connectivity index is 2.32. The molecular formula is C8H8N2O2S. The molecular weight excluding hydrogens is 188 g/mol. The van der Waals surface area contributed by atoms with Crippen LogP contribution in [-0.2, 0) is 4.79 Å². The Morgan fingerprint density at radius 1 is 1.46 bits per heavy atom. The molecule has 1 aliphatic heterocycles. The van der Waals surface area contributed by atoms with Gasteiger partial charge >= 0.3 is 6.03 Å². The van der Waals surface area contributed by atoms with Gasteiger partial charge in [-0.05, 0) is 23.9 Å². The highest BCUT2D eigenvalue weighted by Crippen LogP contribution is 2.25. The Hall–Kier alpha value is -1.36. The summed E-state index contributed by atoms with van der Waals surface area (Å²) in [5.74, 6) is -0.268. The van der Waals surface area contributed by atoms with Crippen molar-refractivity contribution >= 4 is 23.3 Å². The van der Waals surface area contributed by atoms with Gasteiger partial charge in [-0.1, -0.05) is 0 Å². The molecule has 0 saturated carbocycles. The highest BCUT2D eigenvalue weighted by molar-refractivity contribution is 7.10. The van der Waals surface area contributed by atoms with E-state index in [4.69, 9.17) is 0 Å². The molecule has 1 atom stereocenters. The summed E-state index contributed by atoms with van der Waals surface area (Å²) >= 11 is 1.48. The largest absolute Gasteiger partial charge is 0.322 e. The van der Waals surface area contributed by atoms with Crippen molar-refractivity contribution in [3.8, 4) is 0 Å². The maximum Gasteiger partial charge on any atom is 0.322 e. The first-order valence-corrected chi connectivity index (χ1v) is 4.72. The van der Waals surface area contributed by atoms with E-state index in [0.717, 1.165) is 10.4 Å². The zero-order valence-electron chi connectivity index (χ0n) is 6.96. The average Bonchev–Trinajstić information content (AvgIpc) is 2.58. The SMILES string of the molecule is Cc1ccsc1[C@H]1NC(=O)NC1=O. The molecule has 1 aliphatic rings. The van der Waals surface area contributed by atoms with Gasteiger partial charge in [-0.15, -0.1) is 11.3 Å². The molecule has 0 unspecified atom stereocenters. The van der Waals surface area contributed by atoms with Gasteiger partial charge in [-0.2, -0.15) is 0 Å². The second-order valence-corrected chi connectivity index (χ2v) is 3.81. The molecule has 2 N–H and O–H groups in total. The molecule has 13 heavy (non-hydrogen) atoms. The van der Waals surface area contributed by atoms with Gasteiger partial charge in [0.2, 0.25) is 0 Å². The van der Waals surface area contributed by atoms with Crippen LogP contribution in [0.4, 0.5) is 4.79 Å². The van der Waals surface area contributed by atoms with E-state index in [-0.39, 0.29) is 5.91 Å². The van der Waals surface area contributed by atoms with Crippen LogP contribution in [0.5, 0.6) is 0 Å². The van der Waals surface area contributed by atoms with Gasteiger partial charge in [-0.3, -0.25) is 10.1 Å². The molecule has 1 aromatic rings. The summed E-state index contributed by atoms with van der Waals surface area (Å²) in [5, 5.41) is 6.66. The van der Waals surface area contributed by atoms with Crippen molar-refractivity contribution < 1.29 is 9.59 Å². The van der Waals surface area contributed by atoms with Crippen LogP contribution in [0, 0.1) is 6.92 Å². The maximum absolute atomic E-state index is 11.2. The Kier molecular flexibility index (Phi) is 1.81. The summed E-state index contributed by atoms with van der Waals surface area (Å²) in [5.41, 5.74) is 1.03. The Morgan fingerprint density at radius 2 is 2.23 bits per heavy atom. The molecule has 5 heteroatoms. The van der Waals surface area contributed by atoms with Crippen LogP contribution in [0.3, 0.4) is 0 Å². The number of amides is 3. The van der Waals surface area contributed by atoms with Crippen molar-refractivity contribution in [1.82, 2.24) is 10.6 Å². The molecule has 1 fully saturated rings. The van der Waals surface area contributed by atoms with Crippen molar-refractivity contribution in [1.29, 1.82) is 0 Å². The van der Waals surface area contributed by atoms with Crippen LogP contribution in [0.2, 0.25) is 0 Å². The summed E-state index contributed by atoms with van der Waals surface area (Å²) in [6, 6.07) is 1.02. The van der Waals surface area contributed by atoms with Crippen LogP contribution in [-0.4, -0.2) is 11.9 Å². The molecule has 68 valence electrons. The number of aryl methyl sites for hydroxylation is 1. The molecule has 0 aromatic carbocycles. The smallest absolute Gasteiger partial charge is 0.321 e. The Morgan fingerprint density at radius 3 is 2.69 bits per heavy atom. The minimum Gasteiger partial charge on any atom is -0.321 e. The van der Waals surface area contributed by atoms with E-state index in [2.05, 4.69) is 10.6 Å². The normalized spacial score (nSPS) is 21.5. The first-order chi connectivity index (χ1) is 6.18. The zero-order chi connectivity index (χ0) is 9.42. The van der Waals surface area contributed by atoms with Gasteiger partial charge in [0.1, 0.15) is 6.04 Å². The van der Waals surface area contributed by atoms with Gasteiger partial charge in [0.25, 0.3) is 5.91 Å². The molecule has 1 saturated heterocycles. The first kappa shape index (κ1) is 8.25. The van der Waals surface area contributed by atoms with Crippen LogP contribution in [0.15, 0.2) is 11.4 Å². The van der Waals surface area contributed by atoms with Gasteiger partial charge in [-0.25, -0.2) is 4.79 Å². The molecule has 0 spiro atoms. The summed E-state index contributed by atoms with van der Waals surface area (Å²) in [6.45, 7) is 1.92. The maximum atomic E-state index is 11.2. The number of urea groups is 1. The van der Waals surface area contributed by atoms with Gasteiger partial charge in [0.15, 0.2) is 0 Å². The van der Waals surface area contributed by atoms with E-state index in [1.807, 2.05) is 18.4 Å². The molecule has 0 aliphatic carbocycles. The molecule has 3 amide bonds. The van der Waals surface area contributed by atoms with Crippen molar-refractivity contribution in [3.63, 3.8) is 0 Å². The predicted octanol–water partition coefficient (Wildman–Crippen LogP) is 0.937. The van der Waals surface area contributed by atoms with Gasteiger partial charge in [0, 0.05) is 4.88 Å². The van der Waals surface area contributed by atoms with Crippen LogP contribution in [0.25, 0.3) is 0 Å². The number of rotatable bonds is 1. The third kappa shape index (κ3) is 1.31. The van der Waals surface area contributed by atoms with E-state index in [9.17, 15) is 9.59 Å². The Labute approximate surface area is 78.9 Å². The van der Waals surface area contributed by atoms with Crippen molar-refractivity contribution in [2.45, 2.75) is 13.0 Å². The number of hydrogen-bond donors (Lipinski definition) is 2. The zero-order valence-corrected chi connectivity index (χ0v) is 7.77. The van der Waals surface area contributed by atoms with E-state index < -0.39 is 12.1 Å². The van der Waals surface area contributed by atoms with Crippen LogP contribution in [0.1, 0.15) is 16.5 Å². The first-order valence-electron chi connectivity index (χ1n) is 3.84. The second-order valence-electron chi connectivity index (χ2n) is 2.86. The summed E-state index contributed by atoms with van der Waals surface area (Å²) in [4.78, 5) is 23.0. The van der Waals surface area contributed by atoms with E-state index in [0.29, 0.717) is 0 Å². The number of nitrogens with one attached hydrogen (secondary N) is 2. The lowest BCUT2D eigenvalue weighted by atomic mass is 10.2. The summed E-state index contributed by atoms with van der Waals surface area (Å²) < 4.78 is 0. The van der Waals surface area contributed by atoms with Gasteiger partial charge < -0.3 is 5.32 Å². The fraction of sp³-hybridized carbons (Fsp3) is 0.250. The third-order valence-corrected chi connectivity index (χ3v) is 3.02. The lowest BCUT2D eigenvalue weighted by molar-refractivity contribution is -0.120. The Bertz CT molecular complexity index is 372. The third-order valence-electron chi connectivity index (χ3n) is 1.94. The lowest BCUT2D eigenvalue weighted by Crippen LogP contribution is -2.22. The molecule has 4 nitrogen and oxygen atoms in total. The molecule has 2 heterocycles. The van der Waals surface area contributed by atoms with Crippen molar-refractivity contribution in [2.24, 2.45) is 0 Å². The number of carbonyl (C=O) groups excluding carboxylic acids is 2. The van der Waals surface area contributed by atoms with Crippen molar-refractivity contribution in [3.05, 3.63) is 21.9 Å². The molecule has 2 rings (SSSR count). The standard InChI is InChI=1S/C8H8N2O2S/c1-4-2-3-13-6(4)5-7(11)10-8(12)9-5/h2-3,5H,1H3,(H2,9,10,11,12)/t5-/m1/s1. The molecule has 0 bridgehead atoms. The van der Waals surface area contributed by atoms with Crippen LogP contribution < -0.4 is 10.6 Å².